The second kappa shape index (κ2) is 27.0. The minimum absolute atomic E-state index is 0.134. The van der Waals surface area contributed by atoms with Gasteiger partial charge < -0.3 is 9.80 Å². The van der Waals surface area contributed by atoms with Gasteiger partial charge in [-0.1, -0.05) is 170 Å². The number of halogens is 2. The SMILES string of the molecule is CCCCCCCCC(CCC)c1cc(Br)sc1C1=c2cc3c(cc2N(CCCCCC)C1=O)=C(c1sc(Br)cc1C(CCC)CCCCCCCC)C(=O)N3CCCCCC. The Hall–Kier alpha value is -1.74. The first-order valence-electron chi connectivity index (χ1n) is 25.4. The summed E-state index contributed by atoms with van der Waals surface area (Å²) >= 11 is 11.3. The normalized spacial score (nSPS) is 14.8. The number of unbranched alkanes of at least 4 members (excludes halogenated alkanes) is 16. The van der Waals surface area contributed by atoms with E-state index in [1.54, 1.807) is 22.7 Å². The van der Waals surface area contributed by atoms with Crippen LogP contribution in [0.1, 0.15) is 241 Å². The molecular weight excluding hydrogens is 933 g/mol. The number of amides is 2. The standard InChI is InChI=1S/C54H80Br2N2O2S2/c1-7-13-17-21-23-25-31-39(29-11-5)41-37-47(55)61-51(41)49-43-35-46-44(36-45(43)57(53(49)59)33-27-19-15-9-3)50(54(60)58(46)34-28-20-16-10-4)52-42(38-48(56)62-52)40(30-12-6)32-26-24-22-18-14-8-2/h35-40H,7-34H2,1-6H3. The first kappa shape index (κ1) is 51.2. The minimum Gasteiger partial charge on any atom is -0.308 e. The maximum absolute atomic E-state index is 15.2. The summed E-state index contributed by atoms with van der Waals surface area (Å²) in [6.07, 6.45) is 31.1. The predicted octanol–water partition coefficient (Wildman–Crippen LogP) is 16.9. The van der Waals surface area contributed by atoms with E-state index in [-0.39, 0.29) is 11.8 Å². The lowest BCUT2D eigenvalue weighted by atomic mass is 9.87. The van der Waals surface area contributed by atoms with E-state index in [1.165, 1.54) is 101 Å². The molecule has 8 heteroatoms. The Morgan fingerprint density at radius 1 is 0.435 bits per heavy atom. The summed E-state index contributed by atoms with van der Waals surface area (Å²) < 4.78 is 2.19. The van der Waals surface area contributed by atoms with Crippen LogP contribution >= 0.6 is 54.5 Å². The molecule has 2 aliphatic rings. The molecule has 0 N–H and O–H groups in total. The topological polar surface area (TPSA) is 40.6 Å². The minimum atomic E-state index is 0.134. The van der Waals surface area contributed by atoms with Crippen LogP contribution in [0.4, 0.5) is 11.4 Å². The Balaban J connectivity index is 1.68. The van der Waals surface area contributed by atoms with Gasteiger partial charge in [0.05, 0.1) is 30.1 Å². The van der Waals surface area contributed by atoms with Crippen molar-refractivity contribution in [3.63, 3.8) is 0 Å². The van der Waals surface area contributed by atoms with Crippen molar-refractivity contribution in [3.8, 4) is 0 Å². The van der Waals surface area contributed by atoms with E-state index in [9.17, 15) is 0 Å². The van der Waals surface area contributed by atoms with Gasteiger partial charge in [-0.15, -0.1) is 22.7 Å². The summed E-state index contributed by atoms with van der Waals surface area (Å²) in [4.78, 5) is 36.8. The second-order valence-corrected chi connectivity index (χ2v) is 23.3. The fraction of sp³-hybridized carbons (Fsp3) is 0.667. The Kier molecular flexibility index (Phi) is 22.3. The van der Waals surface area contributed by atoms with Crippen LogP contribution in [-0.4, -0.2) is 24.9 Å². The van der Waals surface area contributed by atoms with Crippen molar-refractivity contribution in [3.05, 3.63) is 63.2 Å². The molecule has 2 aliphatic heterocycles. The van der Waals surface area contributed by atoms with Gasteiger partial charge in [0.1, 0.15) is 0 Å². The van der Waals surface area contributed by atoms with Gasteiger partial charge in [-0.2, -0.15) is 0 Å². The molecule has 0 radical (unpaired) electrons. The number of carbonyl (C=O) groups excluding carboxylic acids is 2. The van der Waals surface area contributed by atoms with Gasteiger partial charge in [0.2, 0.25) is 0 Å². The van der Waals surface area contributed by atoms with Crippen LogP contribution in [-0.2, 0) is 9.59 Å². The first-order valence-corrected chi connectivity index (χ1v) is 28.6. The molecule has 2 atom stereocenters. The molecule has 1 aromatic carbocycles. The second-order valence-electron chi connectivity index (χ2n) is 18.4. The Bertz CT molecular complexity index is 1860. The average Bonchev–Trinajstić information content (AvgIpc) is 3.98. The van der Waals surface area contributed by atoms with E-state index in [2.05, 4.69) is 107 Å². The zero-order chi connectivity index (χ0) is 44.4. The van der Waals surface area contributed by atoms with E-state index in [0.717, 1.165) is 127 Å². The highest BCUT2D eigenvalue weighted by Gasteiger charge is 2.38. The smallest absolute Gasteiger partial charge is 0.260 e. The molecular formula is C54H80Br2N2O2S2. The van der Waals surface area contributed by atoms with Crippen molar-refractivity contribution >= 4 is 88.9 Å². The third-order valence-electron chi connectivity index (χ3n) is 13.5. The van der Waals surface area contributed by atoms with Crippen molar-refractivity contribution in [1.29, 1.82) is 0 Å². The summed E-state index contributed by atoms with van der Waals surface area (Å²) in [5, 5.41) is 2.03. The number of carbonyl (C=O) groups is 2. The summed E-state index contributed by atoms with van der Waals surface area (Å²) in [5.41, 5.74) is 6.35. The van der Waals surface area contributed by atoms with Gasteiger partial charge in [0.25, 0.3) is 11.8 Å². The summed E-state index contributed by atoms with van der Waals surface area (Å²) in [6.45, 7) is 15.1. The van der Waals surface area contributed by atoms with E-state index in [4.69, 9.17) is 0 Å². The zero-order valence-electron chi connectivity index (χ0n) is 39.5. The Morgan fingerprint density at radius 3 is 1.13 bits per heavy atom. The molecule has 344 valence electrons. The lowest BCUT2D eigenvalue weighted by Crippen LogP contribution is -2.31. The first-order chi connectivity index (χ1) is 30.2. The predicted molar refractivity (Wildman–Crippen MR) is 279 cm³/mol. The molecule has 3 aromatic rings. The quantitative estimate of drug-likeness (QED) is 0.0585. The molecule has 0 fully saturated rings. The van der Waals surface area contributed by atoms with Crippen molar-refractivity contribution in [2.45, 2.75) is 220 Å². The van der Waals surface area contributed by atoms with Crippen LogP contribution in [0.5, 0.6) is 0 Å². The lowest BCUT2D eigenvalue weighted by Gasteiger charge is -2.21. The maximum Gasteiger partial charge on any atom is 0.260 e. The molecule has 4 heterocycles. The van der Waals surface area contributed by atoms with Gasteiger partial charge in [-0.05, 0) is 118 Å². The molecule has 62 heavy (non-hydrogen) atoms. The van der Waals surface area contributed by atoms with Crippen LogP contribution in [0.3, 0.4) is 0 Å². The van der Waals surface area contributed by atoms with E-state index in [1.807, 2.05) is 0 Å². The average molecular weight is 1010 g/mol. The highest BCUT2D eigenvalue weighted by Crippen LogP contribution is 2.45. The van der Waals surface area contributed by atoms with Gasteiger partial charge >= 0.3 is 0 Å². The summed E-state index contributed by atoms with van der Waals surface area (Å²) in [5.74, 6) is 1.10. The maximum atomic E-state index is 15.2. The van der Waals surface area contributed by atoms with Crippen molar-refractivity contribution in [2.75, 3.05) is 22.9 Å². The van der Waals surface area contributed by atoms with Crippen LogP contribution in [0, 0.1) is 0 Å². The number of hydrogen-bond acceptors (Lipinski definition) is 4. The molecule has 0 saturated carbocycles. The van der Waals surface area contributed by atoms with E-state index in [0.29, 0.717) is 24.9 Å². The van der Waals surface area contributed by atoms with Gasteiger partial charge in [0.15, 0.2) is 0 Å². The highest BCUT2D eigenvalue weighted by atomic mass is 79.9. The van der Waals surface area contributed by atoms with Gasteiger partial charge in [-0.25, -0.2) is 0 Å². The highest BCUT2D eigenvalue weighted by molar-refractivity contribution is 9.11. The van der Waals surface area contributed by atoms with Crippen LogP contribution in [0.2, 0.25) is 0 Å². The molecule has 4 nitrogen and oxygen atoms in total. The largest absolute Gasteiger partial charge is 0.308 e. The molecule has 0 spiro atoms. The number of thiophene rings is 2. The fourth-order valence-corrected chi connectivity index (χ4v) is 13.6. The van der Waals surface area contributed by atoms with Crippen molar-refractivity contribution in [2.24, 2.45) is 0 Å². The van der Waals surface area contributed by atoms with Gasteiger partial charge in [0, 0.05) is 33.3 Å². The number of benzene rings is 1. The van der Waals surface area contributed by atoms with Crippen LogP contribution in [0.15, 0.2) is 31.8 Å². The van der Waals surface area contributed by atoms with Crippen LogP contribution in [0.25, 0.3) is 11.1 Å². The molecule has 0 saturated heterocycles. The molecule has 0 bridgehead atoms. The zero-order valence-corrected chi connectivity index (χ0v) is 44.4. The number of fused-ring (bicyclic) bond motifs is 2. The molecule has 2 amide bonds. The summed E-state index contributed by atoms with van der Waals surface area (Å²) in [6, 6.07) is 9.21. The fourth-order valence-electron chi connectivity index (χ4n) is 10.1. The van der Waals surface area contributed by atoms with E-state index < -0.39 is 0 Å². The molecule has 5 rings (SSSR count). The number of anilines is 2. The third-order valence-corrected chi connectivity index (χ3v) is 16.8. The molecule has 0 aliphatic carbocycles. The van der Waals surface area contributed by atoms with Gasteiger partial charge in [-0.3, -0.25) is 9.59 Å². The Labute approximate surface area is 402 Å². The Morgan fingerprint density at radius 2 is 0.774 bits per heavy atom. The van der Waals surface area contributed by atoms with E-state index >= 15 is 9.59 Å². The van der Waals surface area contributed by atoms with Crippen LogP contribution < -0.4 is 20.2 Å². The molecule has 2 unspecified atom stereocenters. The van der Waals surface area contributed by atoms with Crippen molar-refractivity contribution < 1.29 is 9.59 Å². The number of nitrogens with zero attached hydrogens (tertiary/aromatic N) is 2. The van der Waals surface area contributed by atoms with Crippen molar-refractivity contribution in [1.82, 2.24) is 0 Å². The third kappa shape index (κ3) is 13.2. The summed E-state index contributed by atoms with van der Waals surface area (Å²) in [7, 11) is 0. The monoisotopic (exact) mass is 1010 g/mol. The lowest BCUT2D eigenvalue weighted by molar-refractivity contribution is -0.113. The number of hydrogen-bond donors (Lipinski definition) is 0. The number of rotatable bonds is 32. The molecule has 2 aromatic heterocycles.